The van der Waals surface area contributed by atoms with Crippen molar-refractivity contribution in [1.29, 1.82) is 0 Å². The molecule has 0 unspecified atom stereocenters. The average molecular weight is 213 g/mol. The summed E-state index contributed by atoms with van der Waals surface area (Å²) < 4.78 is 0. The lowest BCUT2D eigenvalue weighted by Gasteiger charge is -2.05. The molecule has 0 aliphatic heterocycles. The molecule has 0 saturated heterocycles. The van der Waals surface area contributed by atoms with E-state index < -0.39 is 0 Å². The van der Waals surface area contributed by atoms with Gasteiger partial charge >= 0.3 is 0 Å². The van der Waals surface area contributed by atoms with Gasteiger partial charge in [-0.3, -0.25) is 4.98 Å². The van der Waals surface area contributed by atoms with E-state index in [0.29, 0.717) is 0 Å². The second-order valence-corrected chi connectivity index (χ2v) is 3.96. The Bertz CT molecular complexity index is 506. The zero-order chi connectivity index (χ0) is 11.5. The predicted octanol–water partition coefficient (Wildman–Crippen LogP) is 2.86. The van der Waals surface area contributed by atoms with E-state index in [9.17, 15) is 0 Å². The molecule has 2 rings (SSSR count). The fourth-order valence-corrected chi connectivity index (χ4v) is 1.62. The van der Waals surface area contributed by atoms with Gasteiger partial charge in [-0.2, -0.15) is 0 Å². The quantitative estimate of drug-likeness (QED) is 0.832. The second-order valence-electron chi connectivity index (χ2n) is 3.96. The van der Waals surface area contributed by atoms with Gasteiger partial charge in [-0.25, -0.2) is 0 Å². The van der Waals surface area contributed by atoms with Gasteiger partial charge in [0.2, 0.25) is 0 Å². The number of hydrogen-bond acceptors (Lipinski definition) is 2. The van der Waals surface area contributed by atoms with Crippen LogP contribution in [-0.4, -0.2) is 10.1 Å². The third-order valence-electron chi connectivity index (χ3n) is 2.76. The molecule has 0 amide bonds. The molecule has 2 heteroatoms. The molecule has 2 aromatic rings. The maximum Gasteiger partial charge on any atom is 0.0705 e. The van der Waals surface area contributed by atoms with E-state index in [1.54, 1.807) is 0 Å². The minimum Gasteiger partial charge on any atom is -0.392 e. The first kappa shape index (κ1) is 10.8. The maximum absolute atomic E-state index is 9.09. The van der Waals surface area contributed by atoms with Crippen molar-refractivity contribution in [1.82, 2.24) is 4.98 Å². The first-order valence-electron chi connectivity index (χ1n) is 5.35. The molecule has 16 heavy (non-hydrogen) atoms. The topological polar surface area (TPSA) is 33.1 Å². The first-order valence-corrected chi connectivity index (χ1v) is 5.35. The van der Waals surface area contributed by atoms with Crippen molar-refractivity contribution in [3.63, 3.8) is 0 Å². The molecule has 1 aromatic carbocycles. The number of rotatable bonds is 2. The van der Waals surface area contributed by atoms with Crippen molar-refractivity contribution >= 4 is 0 Å². The normalized spacial score (nSPS) is 10.4. The summed E-state index contributed by atoms with van der Waals surface area (Å²) in [5, 5.41) is 9.09. The van der Waals surface area contributed by atoms with Crippen LogP contribution in [0.4, 0.5) is 0 Å². The van der Waals surface area contributed by atoms with Crippen LogP contribution in [0.2, 0.25) is 0 Å². The van der Waals surface area contributed by atoms with Crippen LogP contribution in [-0.2, 0) is 6.61 Å². The minimum absolute atomic E-state index is 0.0681. The molecule has 2 nitrogen and oxygen atoms in total. The van der Waals surface area contributed by atoms with Gasteiger partial charge in [0.1, 0.15) is 0 Å². The summed E-state index contributed by atoms with van der Waals surface area (Å²) in [5.74, 6) is 0. The SMILES string of the molecule is Cc1ccc(-c2cccc(CO)c2)nc1C. The van der Waals surface area contributed by atoms with Crippen molar-refractivity contribution < 1.29 is 5.11 Å². The zero-order valence-electron chi connectivity index (χ0n) is 9.57. The molecule has 1 heterocycles. The van der Waals surface area contributed by atoms with Crippen molar-refractivity contribution in [2.24, 2.45) is 0 Å². The molecule has 0 aliphatic rings. The van der Waals surface area contributed by atoms with Crippen LogP contribution in [0.15, 0.2) is 36.4 Å². The van der Waals surface area contributed by atoms with Crippen molar-refractivity contribution in [3.05, 3.63) is 53.2 Å². The number of nitrogens with zero attached hydrogens (tertiary/aromatic N) is 1. The Labute approximate surface area is 95.6 Å². The predicted molar refractivity (Wildman–Crippen MR) is 65.1 cm³/mol. The van der Waals surface area contributed by atoms with Gasteiger partial charge in [0.25, 0.3) is 0 Å². The summed E-state index contributed by atoms with van der Waals surface area (Å²) >= 11 is 0. The highest BCUT2D eigenvalue weighted by atomic mass is 16.3. The average Bonchev–Trinajstić information content (AvgIpc) is 2.33. The molecule has 1 N–H and O–H groups in total. The smallest absolute Gasteiger partial charge is 0.0705 e. The third-order valence-corrected chi connectivity index (χ3v) is 2.76. The summed E-state index contributed by atoms with van der Waals surface area (Å²) in [5.41, 5.74) is 5.17. The van der Waals surface area contributed by atoms with E-state index in [1.807, 2.05) is 37.3 Å². The van der Waals surface area contributed by atoms with Gasteiger partial charge < -0.3 is 5.11 Å². The molecule has 0 spiro atoms. The Morgan fingerprint density at radius 1 is 1.12 bits per heavy atom. The van der Waals surface area contributed by atoms with Crippen molar-refractivity contribution in [2.45, 2.75) is 20.5 Å². The standard InChI is InChI=1S/C14H15NO/c1-10-6-7-14(15-11(10)2)13-5-3-4-12(8-13)9-16/h3-8,16H,9H2,1-2H3. The van der Waals surface area contributed by atoms with Gasteiger partial charge in [-0.15, -0.1) is 0 Å². The molecule has 0 fully saturated rings. The summed E-state index contributed by atoms with van der Waals surface area (Å²) in [6, 6.07) is 11.9. The summed E-state index contributed by atoms with van der Waals surface area (Å²) in [4.78, 5) is 4.54. The molecule has 0 aliphatic carbocycles. The number of aliphatic hydroxyl groups is 1. The van der Waals surface area contributed by atoms with E-state index in [-0.39, 0.29) is 6.61 Å². The molecule has 0 bridgehead atoms. The Morgan fingerprint density at radius 3 is 2.62 bits per heavy atom. The summed E-state index contributed by atoms with van der Waals surface area (Å²) in [6.07, 6.45) is 0. The van der Waals surface area contributed by atoms with E-state index >= 15 is 0 Å². The van der Waals surface area contributed by atoms with Gasteiger partial charge in [-0.1, -0.05) is 24.3 Å². The summed E-state index contributed by atoms with van der Waals surface area (Å²) in [7, 11) is 0. The lowest BCUT2D eigenvalue weighted by molar-refractivity contribution is 0.282. The Balaban J connectivity index is 2.46. The lowest BCUT2D eigenvalue weighted by Crippen LogP contribution is -1.91. The van der Waals surface area contributed by atoms with Gasteiger partial charge in [-0.05, 0) is 37.1 Å². The number of pyridine rings is 1. The van der Waals surface area contributed by atoms with Gasteiger partial charge in [0.05, 0.1) is 12.3 Å². The van der Waals surface area contributed by atoms with Crippen LogP contribution in [0.1, 0.15) is 16.8 Å². The van der Waals surface area contributed by atoms with Crippen LogP contribution in [0, 0.1) is 13.8 Å². The molecule has 1 aromatic heterocycles. The van der Waals surface area contributed by atoms with E-state index in [4.69, 9.17) is 5.11 Å². The number of aliphatic hydroxyl groups excluding tert-OH is 1. The van der Waals surface area contributed by atoms with Crippen LogP contribution in [0.3, 0.4) is 0 Å². The summed E-state index contributed by atoms with van der Waals surface area (Å²) in [6.45, 7) is 4.13. The van der Waals surface area contributed by atoms with Crippen LogP contribution >= 0.6 is 0 Å². The van der Waals surface area contributed by atoms with Crippen LogP contribution in [0.25, 0.3) is 11.3 Å². The third kappa shape index (κ3) is 2.12. The van der Waals surface area contributed by atoms with E-state index in [2.05, 4.69) is 18.0 Å². The Morgan fingerprint density at radius 2 is 1.94 bits per heavy atom. The second kappa shape index (κ2) is 4.45. The molecular weight excluding hydrogens is 198 g/mol. The number of aryl methyl sites for hydroxylation is 2. The highest BCUT2D eigenvalue weighted by Gasteiger charge is 2.02. The number of benzene rings is 1. The highest BCUT2D eigenvalue weighted by Crippen LogP contribution is 2.19. The van der Waals surface area contributed by atoms with Crippen molar-refractivity contribution in [3.8, 4) is 11.3 Å². The molecule has 0 radical (unpaired) electrons. The van der Waals surface area contributed by atoms with Crippen molar-refractivity contribution in [2.75, 3.05) is 0 Å². The van der Waals surface area contributed by atoms with Crippen LogP contribution < -0.4 is 0 Å². The van der Waals surface area contributed by atoms with Gasteiger partial charge in [0, 0.05) is 11.3 Å². The zero-order valence-corrected chi connectivity index (χ0v) is 9.57. The monoisotopic (exact) mass is 213 g/mol. The Hall–Kier alpha value is -1.67. The fourth-order valence-electron chi connectivity index (χ4n) is 1.62. The molecule has 0 saturated carbocycles. The molecule has 82 valence electrons. The van der Waals surface area contributed by atoms with Gasteiger partial charge in [0.15, 0.2) is 0 Å². The highest BCUT2D eigenvalue weighted by molar-refractivity contribution is 5.60. The largest absolute Gasteiger partial charge is 0.392 e. The fraction of sp³-hybridized carbons (Fsp3) is 0.214. The first-order chi connectivity index (χ1) is 7.70. The van der Waals surface area contributed by atoms with E-state index in [0.717, 1.165) is 22.5 Å². The maximum atomic E-state index is 9.09. The van der Waals surface area contributed by atoms with E-state index in [1.165, 1.54) is 5.56 Å². The number of hydrogen-bond donors (Lipinski definition) is 1. The molecular formula is C14H15NO. The Kier molecular flexibility index (Phi) is 3.02. The number of aromatic nitrogens is 1. The lowest BCUT2D eigenvalue weighted by atomic mass is 10.1. The van der Waals surface area contributed by atoms with Crippen LogP contribution in [0.5, 0.6) is 0 Å². The molecule has 0 atom stereocenters. The minimum atomic E-state index is 0.0681.